The number of hydrogen-bond acceptors (Lipinski definition) is 3. The summed E-state index contributed by atoms with van der Waals surface area (Å²) >= 11 is 0. The molecule has 1 heterocycles. The maximum absolute atomic E-state index is 12.2. The molecular weight excluding hydrogens is 240 g/mol. The molecule has 2 aromatic rings. The van der Waals surface area contributed by atoms with Crippen molar-refractivity contribution in [3.63, 3.8) is 0 Å². The van der Waals surface area contributed by atoms with Crippen molar-refractivity contribution in [2.45, 2.75) is 32.2 Å². The van der Waals surface area contributed by atoms with Gasteiger partial charge in [-0.15, -0.1) is 0 Å². The van der Waals surface area contributed by atoms with E-state index in [9.17, 15) is 9.59 Å². The highest BCUT2D eigenvalue weighted by Gasteiger charge is 2.23. The number of hydrogen-bond donors (Lipinski definition) is 0. The van der Waals surface area contributed by atoms with Gasteiger partial charge in [0.2, 0.25) is 0 Å². The Morgan fingerprint density at radius 3 is 2.79 bits per heavy atom. The van der Waals surface area contributed by atoms with E-state index in [0.717, 1.165) is 25.7 Å². The minimum atomic E-state index is -0.128. The predicted octanol–water partition coefficient (Wildman–Crippen LogP) is 2.16. The lowest BCUT2D eigenvalue weighted by Crippen LogP contribution is -2.27. The van der Waals surface area contributed by atoms with Crippen LogP contribution < -0.4 is 5.56 Å². The summed E-state index contributed by atoms with van der Waals surface area (Å²) in [5.74, 6) is 0.301. The van der Waals surface area contributed by atoms with Gasteiger partial charge >= 0.3 is 0 Å². The normalized spacial score (nSPS) is 16.0. The van der Waals surface area contributed by atoms with Crippen LogP contribution >= 0.6 is 0 Å². The Labute approximate surface area is 111 Å². The van der Waals surface area contributed by atoms with Crippen molar-refractivity contribution >= 4 is 16.7 Å². The van der Waals surface area contributed by atoms with Crippen molar-refractivity contribution in [2.75, 3.05) is 0 Å². The molecule has 4 nitrogen and oxygen atoms in total. The van der Waals surface area contributed by atoms with E-state index >= 15 is 0 Å². The van der Waals surface area contributed by atoms with Gasteiger partial charge in [0.15, 0.2) is 5.78 Å². The Balaban J connectivity index is 1.91. The number of carbonyl (C=O) groups is 1. The van der Waals surface area contributed by atoms with Crippen LogP contribution in [0.5, 0.6) is 0 Å². The van der Waals surface area contributed by atoms with E-state index in [1.54, 1.807) is 12.1 Å². The summed E-state index contributed by atoms with van der Waals surface area (Å²) in [4.78, 5) is 28.6. The third-order valence-corrected chi connectivity index (χ3v) is 3.87. The van der Waals surface area contributed by atoms with Gasteiger partial charge in [-0.2, -0.15) is 0 Å². The summed E-state index contributed by atoms with van der Waals surface area (Å²) in [5.41, 5.74) is 0.550. The van der Waals surface area contributed by atoms with E-state index < -0.39 is 0 Å². The zero-order chi connectivity index (χ0) is 13.2. The average Bonchev–Trinajstić information content (AvgIpc) is 2.96. The summed E-state index contributed by atoms with van der Waals surface area (Å²) < 4.78 is 1.43. The number of fused-ring (bicyclic) bond motifs is 1. The smallest absolute Gasteiger partial charge is 0.261 e. The first-order valence-corrected chi connectivity index (χ1v) is 6.72. The number of aromatic nitrogens is 2. The Bertz CT molecular complexity index is 669. The molecule has 0 unspecified atom stereocenters. The van der Waals surface area contributed by atoms with Gasteiger partial charge in [-0.1, -0.05) is 25.0 Å². The topological polar surface area (TPSA) is 52.0 Å². The Hall–Kier alpha value is -1.97. The third kappa shape index (κ3) is 2.30. The molecule has 1 aromatic carbocycles. The lowest BCUT2D eigenvalue weighted by atomic mass is 10.0. The van der Waals surface area contributed by atoms with Crippen LogP contribution in [-0.2, 0) is 11.3 Å². The van der Waals surface area contributed by atoms with Crippen LogP contribution in [0.25, 0.3) is 10.9 Å². The van der Waals surface area contributed by atoms with Gasteiger partial charge in [-0.25, -0.2) is 4.98 Å². The second-order valence-corrected chi connectivity index (χ2v) is 5.14. The van der Waals surface area contributed by atoms with Crippen molar-refractivity contribution in [3.05, 3.63) is 40.9 Å². The molecule has 0 spiro atoms. The van der Waals surface area contributed by atoms with Crippen molar-refractivity contribution < 1.29 is 4.79 Å². The highest BCUT2D eigenvalue weighted by atomic mass is 16.1. The molecule has 0 radical (unpaired) electrons. The van der Waals surface area contributed by atoms with E-state index in [-0.39, 0.29) is 23.8 Å². The fourth-order valence-corrected chi connectivity index (χ4v) is 2.76. The van der Waals surface area contributed by atoms with Gasteiger partial charge in [0.05, 0.1) is 23.8 Å². The summed E-state index contributed by atoms with van der Waals surface area (Å²) in [6, 6.07) is 7.22. The second kappa shape index (κ2) is 4.96. The van der Waals surface area contributed by atoms with Crippen molar-refractivity contribution in [1.82, 2.24) is 9.55 Å². The monoisotopic (exact) mass is 256 g/mol. The highest BCUT2D eigenvalue weighted by molar-refractivity contribution is 5.82. The molecule has 0 N–H and O–H groups in total. The molecule has 0 amide bonds. The van der Waals surface area contributed by atoms with Gasteiger partial charge in [-0.3, -0.25) is 14.2 Å². The first kappa shape index (κ1) is 12.1. The fourth-order valence-electron chi connectivity index (χ4n) is 2.76. The number of para-hydroxylation sites is 1. The van der Waals surface area contributed by atoms with Gasteiger partial charge in [0.25, 0.3) is 5.56 Å². The van der Waals surface area contributed by atoms with Crippen molar-refractivity contribution in [2.24, 2.45) is 5.92 Å². The maximum Gasteiger partial charge on any atom is 0.261 e. The van der Waals surface area contributed by atoms with Crippen molar-refractivity contribution in [1.29, 1.82) is 0 Å². The van der Waals surface area contributed by atoms with Crippen LogP contribution in [0.2, 0.25) is 0 Å². The Kier molecular flexibility index (Phi) is 3.15. The fraction of sp³-hybridized carbons (Fsp3) is 0.400. The molecule has 3 rings (SSSR count). The van der Waals surface area contributed by atoms with E-state index in [1.807, 2.05) is 12.1 Å². The number of ketones is 1. The van der Waals surface area contributed by atoms with Crippen LogP contribution in [0.1, 0.15) is 25.7 Å². The Morgan fingerprint density at radius 2 is 2.00 bits per heavy atom. The van der Waals surface area contributed by atoms with E-state index in [0.29, 0.717) is 10.9 Å². The van der Waals surface area contributed by atoms with E-state index in [2.05, 4.69) is 4.98 Å². The third-order valence-electron chi connectivity index (χ3n) is 3.87. The van der Waals surface area contributed by atoms with Gasteiger partial charge < -0.3 is 0 Å². The molecular formula is C15H16N2O2. The number of carbonyl (C=O) groups excluding carboxylic acids is 1. The lowest BCUT2D eigenvalue weighted by Gasteiger charge is -2.10. The Morgan fingerprint density at radius 1 is 1.26 bits per heavy atom. The SMILES string of the molecule is O=C(Cn1cnc2ccccc2c1=O)C1CCCC1. The van der Waals surface area contributed by atoms with E-state index in [4.69, 9.17) is 0 Å². The van der Waals surface area contributed by atoms with Crippen LogP contribution in [0.15, 0.2) is 35.4 Å². The first-order chi connectivity index (χ1) is 9.25. The number of nitrogens with zero attached hydrogens (tertiary/aromatic N) is 2. The summed E-state index contributed by atoms with van der Waals surface area (Å²) in [6.45, 7) is 0.154. The maximum atomic E-state index is 12.2. The molecule has 1 fully saturated rings. The van der Waals surface area contributed by atoms with Crippen LogP contribution in [0.3, 0.4) is 0 Å². The van der Waals surface area contributed by atoms with Gasteiger partial charge in [0, 0.05) is 5.92 Å². The number of benzene rings is 1. The molecule has 1 saturated carbocycles. The summed E-state index contributed by atoms with van der Waals surface area (Å²) in [6.07, 6.45) is 5.67. The standard InChI is InChI=1S/C15H16N2O2/c18-14(11-5-1-2-6-11)9-17-10-16-13-8-4-3-7-12(13)15(17)19/h3-4,7-8,10-11H,1-2,5-6,9H2. The molecule has 0 aliphatic heterocycles. The largest absolute Gasteiger partial charge is 0.297 e. The van der Waals surface area contributed by atoms with Crippen LogP contribution in [0, 0.1) is 5.92 Å². The van der Waals surface area contributed by atoms with Crippen LogP contribution in [-0.4, -0.2) is 15.3 Å². The molecule has 98 valence electrons. The summed E-state index contributed by atoms with van der Waals surface area (Å²) in [7, 11) is 0. The molecule has 19 heavy (non-hydrogen) atoms. The molecule has 1 aliphatic rings. The predicted molar refractivity (Wildman–Crippen MR) is 73.0 cm³/mol. The summed E-state index contributed by atoms with van der Waals surface area (Å²) in [5, 5.41) is 0.573. The van der Waals surface area contributed by atoms with Gasteiger partial charge in [0.1, 0.15) is 0 Å². The average molecular weight is 256 g/mol. The molecule has 0 saturated heterocycles. The van der Waals surface area contributed by atoms with Gasteiger partial charge in [-0.05, 0) is 25.0 Å². The lowest BCUT2D eigenvalue weighted by molar-refractivity contribution is -0.123. The zero-order valence-corrected chi connectivity index (χ0v) is 10.7. The van der Waals surface area contributed by atoms with E-state index in [1.165, 1.54) is 10.9 Å². The number of Topliss-reactive ketones (excluding diaryl/α,β-unsaturated/α-hetero) is 1. The quantitative estimate of drug-likeness (QED) is 0.845. The number of rotatable bonds is 3. The van der Waals surface area contributed by atoms with Crippen molar-refractivity contribution in [3.8, 4) is 0 Å². The van der Waals surface area contributed by atoms with Crippen LogP contribution in [0.4, 0.5) is 0 Å². The molecule has 0 atom stereocenters. The zero-order valence-electron chi connectivity index (χ0n) is 10.7. The highest BCUT2D eigenvalue weighted by Crippen LogP contribution is 2.25. The minimum absolute atomic E-state index is 0.128. The second-order valence-electron chi connectivity index (χ2n) is 5.14. The molecule has 1 aliphatic carbocycles. The molecule has 0 bridgehead atoms. The first-order valence-electron chi connectivity index (χ1n) is 6.72. The minimum Gasteiger partial charge on any atom is -0.297 e. The molecule has 1 aromatic heterocycles. The molecule has 4 heteroatoms.